The van der Waals surface area contributed by atoms with Gasteiger partial charge in [-0.15, -0.1) is 0 Å². The molecule has 5 rings (SSSR count). The van der Waals surface area contributed by atoms with Crippen molar-refractivity contribution in [2.75, 3.05) is 18.0 Å². The van der Waals surface area contributed by atoms with Crippen molar-refractivity contribution in [1.29, 1.82) is 0 Å². The third-order valence-corrected chi connectivity index (χ3v) is 6.89. The van der Waals surface area contributed by atoms with Crippen LogP contribution >= 0.6 is 23.2 Å². The van der Waals surface area contributed by atoms with E-state index in [1.807, 2.05) is 43.5 Å². The highest BCUT2D eigenvalue weighted by Gasteiger charge is 2.43. The molecule has 1 saturated heterocycles. The summed E-state index contributed by atoms with van der Waals surface area (Å²) in [5.41, 5.74) is 8.45. The molecule has 4 heterocycles. The van der Waals surface area contributed by atoms with Crippen LogP contribution in [0.2, 0.25) is 10.0 Å². The van der Waals surface area contributed by atoms with E-state index in [9.17, 15) is 5.11 Å². The second kappa shape index (κ2) is 9.19. The zero-order chi connectivity index (χ0) is 25.7. The number of halogens is 2. The number of nitrogens with zero attached hydrogens (tertiary/aromatic N) is 4. The summed E-state index contributed by atoms with van der Waals surface area (Å²) in [5.74, 6) is 1.51. The van der Waals surface area contributed by atoms with Crippen molar-refractivity contribution in [3.05, 3.63) is 64.5 Å². The van der Waals surface area contributed by atoms with Crippen LogP contribution in [0, 0.1) is 0 Å². The number of ether oxygens (including phenoxy) is 1. The highest BCUT2D eigenvalue weighted by atomic mass is 35.5. The minimum atomic E-state index is -0.795. The summed E-state index contributed by atoms with van der Waals surface area (Å²) in [4.78, 5) is 10.8. The summed E-state index contributed by atoms with van der Waals surface area (Å²) in [6.45, 7) is 6.76. The van der Waals surface area contributed by atoms with Gasteiger partial charge >= 0.3 is 0 Å². The van der Waals surface area contributed by atoms with Crippen molar-refractivity contribution in [3.63, 3.8) is 0 Å². The number of anilines is 1. The van der Waals surface area contributed by atoms with Gasteiger partial charge in [0.1, 0.15) is 23.4 Å². The Labute approximate surface area is 219 Å². The number of benzene rings is 1. The number of aromatic nitrogens is 4. The minimum absolute atomic E-state index is 0.371. The third kappa shape index (κ3) is 4.99. The number of nitrogens with two attached hydrogens (primary N) is 1. The zero-order valence-corrected chi connectivity index (χ0v) is 21.8. The lowest BCUT2D eigenvalue weighted by atomic mass is 9.81. The normalized spacial score (nSPS) is 16.1. The first kappa shape index (κ1) is 24.8. The number of aromatic amines is 1. The second-order valence-corrected chi connectivity index (χ2v) is 11.0. The first-order chi connectivity index (χ1) is 17.0. The topological polar surface area (TPSA) is 113 Å². The van der Waals surface area contributed by atoms with Gasteiger partial charge in [-0.05, 0) is 57.5 Å². The maximum atomic E-state index is 10.1. The quantitative estimate of drug-likeness (QED) is 0.305. The molecule has 10 heteroatoms. The van der Waals surface area contributed by atoms with Crippen LogP contribution in [0.15, 0.2) is 48.9 Å². The number of rotatable bonds is 7. The molecule has 1 atom stereocenters. The number of pyridine rings is 2. The average molecular weight is 527 g/mol. The Hall–Kier alpha value is -2.91. The van der Waals surface area contributed by atoms with Crippen LogP contribution in [-0.2, 0) is 0 Å². The Morgan fingerprint density at radius 1 is 1.17 bits per heavy atom. The predicted octanol–water partition coefficient (Wildman–Crippen LogP) is 5.15. The molecule has 0 aliphatic carbocycles. The van der Waals surface area contributed by atoms with E-state index in [1.165, 1.54) is 0 Å². The van der Waals surface area contributed by atoms with Crippen molar-refractivity contribution < 1.29 is 9.84 Å². The van der Waals surface area contributed by atoms with Crippen molar-refractivity contribution >= 4 is 39.9 Å². The fraction of sp³-hybridized carbons (Fsp3) is 0.346. The predicted molar refractivity (Wildman–Crippen MR) is 143 cm³/mol. The fourth-order valence-electron chi connectivity index (χ4n) is 4.92. The van der Waals surface area contributed by atoms with E-state index in [0.717, 1.165) is 28.0 Å². The van der Waals surface area contributed by atoms with E-state index in [0.29, 0.717) is 40.9 Å². The molecule has 4 aromatic rings. The second-order valence-electron chi connectivity index (χ2n) is 10.2. The molecular formula is C26H28Cl2N6O2. The molecule has 36 heavy (non-hydrogen) atoms. The van der Waals surface area contributed by atoms with Gasteiger partial charge in [0.25, 0.3) is 0 Å². The number of hydrogen-bond donors (Lipinski definition) is 3. The van der Waals surface area contributed by atoms with E-state index in [4.69, 9.17) is 33.7 Å². The first-order valence-electron chi connectivity index (χ1n) is 11.7. The van der Waals surface area contributed by atoms with Gasteiger partial charge in [-0.25, -0.2) is 4.98 Å². The molecular weight excluding hydrogens is 499 g/mol. The Kier molecular flexibility index (Phi) is 6.32. The summed E-state index contributed by atoms with van der Waals surface area (Å²) in [6.07, 6.45) is 5.08. The van der Waals surface area contributed by atoms with E-state index in [-0.39, 0.29) is 6.10 Å². The lowest BCUT2D eigenvalue weighted by Gasteiger charge is -2.50. The molecule has 0 spiro atoms. The molecule has 0 bridgehead atoms. The highest BCUT2D eigenvalue weighted by molar-refractivity contribution is 6.35. The summed E-state index contributed by atoms with van der Waals surface area (Å²) in [6, 6.07) is 9.71. The van der Waals surface area contributed by atoms with Gasteiger partial charge in [-0.3, -0.25) is 10.1 Å². The minimum Gasteiger partial charge on any atom is -0.486 e. The van der Waals surface area contributed by atoms with Gasteiger partial charge in [0, 0.05) is 48.2 Å². The van der Waals surface area contributed by atoms with Gasteiger partial charge in [-0.1, -0.05) is 23.2 Å². The smallest absolute Gasteiger partial charge is 0.128 e. The fourth-order valence-corrected chi connectivity index (χ4v) is 5.59. The molecule has 0 amide bonds. The van der Waals surface area contributed by atoms with Crippen molar-refractivity contribution in [2.24, 2.45) is 5.73 Å². The van der Waals surface area contributed by atoms with Crippen molar-refractivity contribution in [1.82, 2.24) is 20.2 Å². The van der Waals surface area contributed by atoms with Gasteiger partial charge in [0.05, 0.1) is 26.7 Å². The molecule has 1 aliphatic heterocycles. The highest BCUT2D eigenvalue weighted by Crippen LogP contribution is 2.36. The molecule has 1 aliphatic rings. The van der Waals surface area contributed by atoms with Crippen molar-refractivity contribution in [2.45, 2.75) is 44.4 Å². The van der Waals surface area contributed by atoms with Crippen LogP contribution in [0.5, 0.6) is 5.75 Å². The standard InChI is InChI=1S/C26H28Cl2N6O2/c1-15(23-19(27)10-30-11-20(23)28)36-17-5-6-21-18(8-17)24(33-32-21)16-4-7-22(31-9-16)34-13-26(29,14-34)12-25(2,3)35/h4-11,15,35H,12-14,29H2,1-3H3,(H,32,33)/t15-/m1/s1. The maximum Gasteiger partial charge on any atom is 0.128 e. The SMILES string of the molecule is C[C@@H](Oc1ccc2[nH]nc(-c3ccc(N4CC(N)(CC(C)(C)O)C4)nc3)c2c1)c1c(Cl)cncc1Cl. The molecule has 4 N–H and O–H groups in total. The zero-order valence-electron chi connectivity index (χ0n) is 20.3. The van der Waals surface area contributed by atoms with Crippen molar-refractivity contribution in [3.8, 4) is 17.0 Å². The third-order valence-electron chi connectivity index (χ3n) is 6.29. The molecule has 188 valence electrons. The molecule has 1 aromatic carbocycles. The van der Waals surface area contributed by atoms with Gasteiger partial charge in [-0.2, -0.15) is 5.10 Å². The molecule has 0 unspecified atom stereocenters. The molecule has 8 nitrogen and oxygen atoms in total. The van der Waals surface area contributed by atoms with Gasteiger partial charge < -0.3 is 20.5 Å². The van der Waals surface area contributed by atoms with Crippen LogP contribution in [0.3, 0.4) is 0 Å². The lowest BCUT2D eigenvalue weighted by Crippen LogP contribution is -2.69. The Morgan fingerprint density at radius 2 is 1.89 bits per heavy atom. The molecule has 0 saturated carbocycles. The van der Waals surface area contributed by atoms with E-state index >= 15 is 0 Å². The average Bonchev–Trinajstić information content (AvgIpc) is 3.19. The Balaban J connectivity index is 1.34. The van der Waals surface area contributed by atoms with Crippen LogP contribution < -0.4 is 15.4 Å². The van der Waals surface area contributed by atoms with E-state index in [1.54, 1.807) is 26.2 Å². The van der Waals surface area contributed by atoms with Crippen LogP contribution in [-0.4, -0.2) is 49.5 Å². The molecule has 1 fully saturated rings. The summed E-state index contributed by atoms with van der Waals surface area (Å²) >= 11 is 12.6. The number of nitrogens with one attached hydrogen (secondary N) is 1. The van der Waals surface area contributed by atoms with Crippen LogP contribution in [0.1, 0.15) is 38.9 Å². The van der Waals surface area contributed by atoms with Gasteiger partial charge in [0.2, 0.25) is 0 Å². The summed E-state index contributed by atoms with van der Waals surface area (Å²) in [7, 11) is 0. The van der Waals surface area contributed by atoms with E-state index < -0.39 is 11.1 Å². The van der Waals surface area contributed by atoms with E-state index in [2.05, 4.69) is 25.1 Å². The molecule has 0 radical (unpaired) electrons. The monoisotopic (exact) mass is 526 g/mol. The first-order valence-corrected chi connectivity index (χ1v) is 12.4. The number of hydrogen-bond acceptors (Lipinski definition) is 7. The summed E-state index contributed by atoms with van der Waals surface area (Å²) in [5, 5.41) is 19.5. The molecule has 3 aromatic heterocycles. The van der Waals surface area contributed by atoms with Gasteiger partial charge in [0.15, 0.2) is 0 Å². The largest absolute Gasteiger partial charge is 0.486 e. The summed E-state index contributed by atoms with van der Waals surface area (Å²) < 4.78 is 6.17. The van der Waals surface area contributed by atoms with Crippen LogP contribution in [0.25, 0.3) is 22.2 Å². The lowest BCUT2D eigenvalue weighted by molar-refractivity contribution is 0.0385. The van der Waals surface area contributed by atoms with Crippen LogP contribution in [0.4, 0.5) is 5.82 Å². The Bertz CT molecular complexity index is 1370. The maximum absolute atomic E-state index is 10.1. The number of fused-ring (bicyclic) bond motifs is 1. The number of H-pyrrole nitrogens is 1. The number of aliphatic hydroxyl groups is 1. The Morgan fingerprint density at radius 3 is 2.53 bits per heavy atom.